The summed E-state index contributed by atoms with van der Waals surface area (Å²) in [6, 6.07) is 10.4. The number of aromatic nitrogens is 4. The van der Waals surface area contributed by atoms with Crippen molar-refractivity contribution >= 4 is 6.21 Å². The minimum absolute atomic E-state index is 0.0738. The fourth-order valence-corrected chi connectivity index (χ4v) is 2.65. The van der Waals surface area contributed by atoms with Crippen molar-refractivity contribution in [2.45, 2.75) is 19.4 Å². The van der Waals surface area contributed by atoms with Gasteiger partial charge in [0.25, 0.3) is 0 Å². The summed E-state index contributed by atoms with van der Waals surface area (Å²) in [5.74, 6) is 0.379. The highest BCUT2D eigenvalue weighted by molar-refractivity contribution is 5.71. The summed E-state index contributed by atoms with van der Waals surface area (Å²) in [4.78, 5) is 12.5. The van der Waals surface area contributed by atoms with Crippen molar-refractivity contribution < 1.29 is 4.39 Å². The van der Waals surface area contributed by atoms with Gasteiger partial charge >= 0.3 is 0 Å². The van der Waals surface area contributed by atoms with Crippen LogP contribution in [0.2, 0.25) is 0 Å². The predicted molar refractivity (Wildman–Crippen MR) is 101 cm³/mol. The molecule has 132 valence electrons. The molecule has 3 rings (SSSR count). The van der Waals surface area contributed by atoms with Gasteiger partial charge in [-0.15, -0.1) is 0 Å². The molecule has 5 nitrogen and oxygen atoms in total. The van der Waals surface area contributed by atoms with Crippen LogP contribution in [0.5, 0.6) is 0 Å². The molecule has 26 heavy (non-hydrogen) atoms. The van der Waals surface area contributed by atoms with E-state index in [-0.39, 0.29) is 11.7 Å². The fourth-order valence-electron chi connectivity index (χ4n) is 2.65. The lowest BCUT2D eigenvalue weighted by Crippen LogP contribution is -2.09. The lowest BCUT2D eigenvalue weighted by molar-refractivity contribution is 0.572. The standard InChI is InChI=1S/C20H20FN5/c1-15(7-5-10-22-2)19-13-18(20-23-11-6-12-24-20)25-26(19)14-16-8-3-4-9-17(16)21/h3-13,15H,14H2,1-2H3/b7-5-,22-10-. The first-order chi connectivity index (χ1) is 12.7. The second-order valence-corrected chi connectivity index (χ2v) is 5.86. The third kappa shape index (κ3) is 4.08. The molecule has 3 aromatic rings. The zero-order valence-corrected chi connectivity index (χ0v) is 14.7. The first-order valence-electron chi connectivity index (χ1n) is 8.36. The summed E-state index contributed by atoms with van der Waals surface area (Å²) in [5, 5.41) is 4.62. The summed E-state index contributed by atoms with van der Waals surface area (Å²) < 4.78 is 15.9. The molecule has 0 aliphatic carbocycles. The minimum atomic E-state index is -0.243. The lowest BCUT2D eigenvalue weighted by Gasteiger charge is -2.11. The summed E-state index contributed by atoms with van der Waals surface area (Å²) in [7, 11) is 1.72. The van der Waals surface area contributed by atoms with E-state index >= 15 is 0 Å². The van der Waals surface area contributed by atoms with Crippen LogP contribution in [-0.4, -0.2) is 33.0 Å². The molecule has 0 fully saturated rings. The zero-order valence-electron chi connectivity index (χ0n) is 14.7. The summed E-state index contributed by atoms with van der Waals surface area (Å²) >= 11 is 0. The van der Waals surface area contributed by atoms with Gasteiger partial charge in [0.1, 0.15) is 11.5 Å². The van der Waals surface area contributed by atoms with Crippen LogP contribution in [0, 0.1) is 5.82 Å². The Morgan fingerprint density at radius 2 is 1.96 bits per heavy atom. The van der Waals surface area contributed by atoms with Crippen LogP contribution in [0.4, 0.5) is 4.39 Å². The van der Waals surface area contributed by atoms with E-state index in [9.17, 15) is 4.39 Å². The Balaban J connectivity index is 2.00. The molecule has 0 spiro atoms. The van der Waals surface area contributed by atoms with E-state index in [1.807, 2.05) is 29.0 Å². The van der Waals surface area contributed by atoms with Crippen molar-refractivity contribution in [2.24, 2.45) is 4.99 Å². The highest BCUT2D eigenvalue weighted by Crippen LogP contribution is 2.23. The third-order valence-electron chi connectivity index (χ3n) is 3.99. The van der Waals surface area contributed by atoms with Crippen molar-refractivity contribution in [3.63, 3.8) is 0 Å². The Hall–Kier alpha value is -3.15. The molecule has 6 heteroatoms. The Kier molecular flexibility index (Phi) is 5.63. The van der Waals surface area contributed by atoms with Crippen molar-refractivity contribution in [3.05, 3.63) is 78.0 Å². The lowest BCUT2D eigenvalue weighted by atomic mass is 10.1. The molecule has 1 aromatic carbocycles. The molecule has 1 atom stereocenters. The van der Waals surface area contributed by atoms with Gasteiger partial charge in [-0.1, -0.05) is 31.2 Å². The van der Waals surface area contributed by atoms with Crippen LogP contribution in [0.3, 0.4) is 0 Å². The van der Waals surface area contributed by atoms with Gasteiger partial charge in [0.15, 0.2) is 5.82 Å². The summed E-state index contributed by atoms with van der Waals surface area (Å²) in [6.45, 7) is 2.40. The number of hydrogen-bond acceptors (Lipinski definition) is 4. The highest BCUT2D eigenvalue weighted by Gasteiger charge is 2.16. The molecule has 0 N–H and O–H groups in total. The Labute approximate surface area is 152 Å². The number of aliphatic imine (C=N–C) groups is 1. The van der Waals surface area contributed by atoms with Crippen LogP contribution in [0.15, 0.2) is 65.9 Å². The minimum Gasteiger partial charge on any atom is -0.297 e. The number of nitrogens with zero attached hydrogens (tertiary/aromatic N) is 5. The molecule has 1 unspecified atom stereocenters. The average molecular weight is 349 g/mol. The van der Waals surface area contributed by atoms with Crippen molar-refractivity contribution in [1.82, 2.24) is 19.7 Å². The van der Waals surface area contributed by atoms with Gasteiger partial charge in [-0.2, -0.15) is 5.10 Å². The Bertz CT molecular complexity index is 915. The number of benzene rings is 1. The molecule has 0 aliphatic heterocycles. The van der Waals surface area contributed by atoms with Crippen LogP contribution in [0.1, 0.15) is 24.1 Å². The van der Waals surface area contributed by atoms with Crippen LogP contribution in [-0.2, 0) is 6.54 Å². The fraction of sp³-hybridized carbons (Fsp3) is 0.200. The number of rotatable bonds is 6. The van der Waals surface area contributed by atoms with Crippen molar-refractivity contribution in [1.29, 1.82) is 0 Å². The van der Waals surface area contributed by atoms with Gasteiger partial charge < -0.3 is 0 Å². The van der Waals surface area contributed by atoms with Crippen molar-refractivity contribution in [2.75, 3.05) is 7.05 Å². The maximum Gasteiger partial charge on any atom is 0.179 e. The second kappa shape index (κ2) is 8.29. The molecule has 0 radical (unpaired) electrons. The normalized spacial score (nSPS) is 12.9. The first kappa shape index (κ1) is 17.7. The van der Waals surface area contributed by atoms with Gasteiger partial charge in [-0.3, -0.25) is 9.67 Å². The topological polar surface area (TPSA) is 56.0 Å². The van der Waals surface area contributed by atoms with Gasteiger partial charge in [0, 0.05) is 42.8 Å². The van der Waals surface area contributed by atoms with Gasteiger partial charge in [-0.05, 0) is 24.3 Å². The number of hydrogen-bond donors (Lipinski definition) is 0. The van der Waals surface area contributed by atoms with Gasteiger partial charge in [0.05, 0.1) is 6.54 Å². The number of halogens is 1. The molecule has 0 bridgehead atoms. The van der Waals surface area contributed by atoms with Crippen LogP contribution in [0.25, 0.3) is 11.5 Å². The molecule has 0 amide bonds. The smallest absolute Gasteiger partial charge is 0.179 e. The third-order valence-corrected chi connectivity index (χ3v) is 3.99. The highest BCUT2D eigenvalue weighted by atomic mass is 19.1. The molecule has 0 aliphatic rings. The van der Waals surface area contributed by atoms with E-state index in [1.165, 1.54) is 6.07 Å². The maximum absolute atomic E-state index is 14.1. The molecule has 0 saturated heterocycles. The zero-order chi connectivity index (χ0) is 18.4. The molecular formula is C20H20FN5. The second-order valence-electron chi connectivity index (χ2n) is 5.86. The number of allylic oxidation sites excluding steroid dienone is 2. The van der Waals surface area contributed by atoms with E-state index in [1.54, 1.807) is 43.9 Å². The first-order valence-corrected chi connectivity index (χ1v) is 8.36. The molecule has 2 heterocycles. The van der Waals surface area contributed by atoms with Gasteiger partial charge in [0.2, 0.25) is 0 Å². The van der Waals surface area contributed by atoms with E-state index in [0.29, 0.717) is 23.6 Å². The molecular weight excluding hydrogens is 329 g/mol. The Morgan fingerprint density at radius 3 is 2.69 bits per heavy atom. The SMILES string of the molecule is C/N=C\C=C/C(C)c1cc(-c2ncccn2)nn1Cc1ccccc1F. The summed E-state index contributed by atoms with van der Waals surface area (Å²) in [6.07, 6.45) is 9.01. The van der Waals surface area contributed by atoms with E-state index in [4.69, 9.17) is 0 Å². The van der Waals surface area contributed by atoms with E-state index in [2.05, 4.69) is 27.0 Å². The summed E-state index contributed by atoms with van der Waals surface area (Å²) in [5.41, 5.74) is 2.21. The predicted octanol–water partition coefficient (Wildman–Crippen LogP) is 3.89. The Morgan fingerprint density at radius 1 is 1.19 bits per heavy atom. The maximum atomic E-state index is 14.1. The monoisotopic (exact) mass is 349 g/mol. The molecule has 0 saturated carbocycles. The van der Waals surface area contributed by atoms with Crippen molar-refractivity contribution in [3.8, 4) is 11.5 Å². The van der Waals surface area contributed by atoms with Crippen LogP contribution < -0.4 is 0 Å². The van der Waals surface area contributed by atoms with E-state index in [0.717, 1.165) is 5.69 Å². The molecule has 2 aromatic heterocycles. The average Bonchev–Trinajstić information content (AvgIpc) is 3.08. The van der Waals surface area contributed by atoms with Gasteiger partial charge in [-0.25, -0.2) is 14.4 Å². The van der Waals surface area contributed by atoms with E-state index < -0.39 is 0 Å². The quantitative estimate of drug-likeness (QED) is 0.635. The van der Waals surface area contributed by atoms with Crippen LogP contribution >= 0.6 is 0 Å². The largest absolute Gasteiger partial charge is 0.297 e.